The molecule has 104 valence electrons. The first-order valence-corrected chi connectivity index (χ1v) is 6.03. The van der Waals surface area contributed by atoms with Gasteiger partial charge in [0.25, 0.3) is 0 Å². The average Bonchev–Trinajstić information content (AvgIpc) is 2.93. The van der Waals surface area contributed by atoms with Crippen LogP contribution in [0.4, 0.5) is 0 Å². The molecule has 7 heteroatoms. The fourth-order valence-corrected chi connectivity index (χ4v) is 2.67. The van der Waals surface area contributed by atoms with Crippen molar-refractivity contribution >= 4 is 6.29 Å². The second-order valence-electron chi connectivity index (χ2n) is 4.83. The molecular formula is C12H15NO6. The number of aromatic nitrogens is 1. The summed E-state index contributed by atoms with van der Waals surface area (Å²) in [6.07, 6.45) is -2.68. The summed E-state index contributed by atoms with van der Waals surface area (Å²) in [5.41, 5.74) is 1.25. The Morgan fingerprint density at radius 1 is 1.47 bits per heavy atom. The highest BCUT2D eigenvalue weighted by molar-refractivity contribution is 5.72. The number of aldehydes is 1. The lowest BCUT2D eigenvalue weighted by Crippen LogP contribution is -2.51. The largest absolute Gasteiger partial charge is 0.394 e. The van der Waals surface area contributed by atoms with Gasteiger partial charge in [-0.05, 0) is 12.1 Å². The van der Waals surface area contributed by atoms with Crippen LogP contribution in [-0.2, 0) is 22.6 Å². The monoisotopic (exact) mass is 269 g/mol. The Balaban J connectivity index is 1.94. The summed E-state index contributed by atoms with van der Waals surface area (Å²) in [5.74, 6) is -1.42. The first-order chi connectivity index (χ1) is 9.11. The number of carbonyl (C=O) groups is 1. The summed E-state index contributed by atoms with van der Waals surface area (Å²) in [7, 11) is 0. The van der Waals surface area contributed by atoms with E-state index >= 15 is 0 Å². The van der Waals surface area contributed by atoms with Crippen molar-refractivity contribution < 1.29 is 29.6 Å². The molecule has 0 saturated carbocycles. The first-order valence-electron chi connectivity index (χ1n) is 6.03. The van der Waals surface area contributed by atoms with Crippen molar-refractivity contribution in [1.82, 2.24) is 4.57 Å². The molecule has 2 aliphatic heterocycles. The predicted octanol–water partition coefficient (Wildman–Crippen LogP) is -1.36. The number of nitrogens with zero attached hydrogens (tertiary/aromatic N) is 1. The smallest absolute Gasteiger partial charge is 0.216 e. The van der Waals surface area contributed by atoms with E-state index in [1.54, 1.807) is 16.7 Å². The third-order valence-corrected chi connectivity index (χ3v) is 3.75. The Morgan fingerprint density at radius 2 is 2.26 bits per heavy atom. The van der Waals surface area contributed by atoms with Gasteiger partial charge in [-0.15, -0.1) is 0 Å². The Kier molecular flexibility index (Phi) is 2.95. The number of carbonyl (C=O) groups excluding carboxylic acids is 1. The van der Waals surface area contributed by atoms with Gasteiger partial charge >= 0.3 is 0 Å². The number of aliphatic hydroxyl groups excluding tert-OH is 3. The molecule has 7 nitrogen and oxygen atoms in total. The average molecular weight is 269 g/mol. The molecule has 0 unspecified atom stereocenters. The second kappa shape index (κ2) is 4.39. The lowest BCUT2D eigenvalue weighted by molar-refractivity contribution is -0.283. The molecule has 4 atom stereocenters. The van der Waals surface area contributed by atoms with Crippen LogP contribution in [0.2, 0.25) is 0 Å². The van der Waals surface area contributed by atoms with Gasteiger partial charge in [-0.1, -0.05) is 0 Å². The summed E-state index contributed by atoms with van der Waals surface area (Å²) in [5, 5.41) is 29.0. The lowest BCUT2D eigenvalue weighted by atomic mass is 10.0. The summed E-state index contributed by atoms with van der Waals surface area (Å²) >= 11 is 0. The Hall–Kier alpha value is -1.25. The van der Waals surface area contributed by atoms with Crippen molar-refractivity contribution in [2.45, 2.75) is 37.3 Å². The molecule has 1 aromatic heterocycles. The maximum absolute atomic E-state index is 11.0. The maximum atomic E-state index is 11.0. The Labute approximate surface area is 109 Å². The molecule has 3 heterocycles. The number of aliphatic hydroxyl groups is 3. The number of hydrogen-bond acceptors (Lipinski definition) is 6. The molecule has 1 saturated heterocycles. The minimum absolute atomic E-state index is 0.0954. The molecule has 0 aliphatic carbocycles. The quantitative estimate of drug-likeness (QED) is 0.573. The van der Waals surface area contributed by atoms with E-state index in [9.17, 15) is 15.0 Å². The first kappa shape index (κ1) is 12.8. The number of fused-ring (bicyclic) bond motifs is 1. The number of ether oxygens (including phenoxy) is 2. The van der Waals surface area contributed by atoms with Crippen LogP contribution in [0.5, 0.6) is 0 Å². The number of rotatable bonds is 2. The molecule has 3 rings (SSSR count). The van der Waals surface area contributed by atoms with E-state index in [0.29, 0.717) is 12.0 Å². The van der Waals surface area contributed by atoms with Gasteiger partial charge in [-0.3, -0.25) is 4.79 Å². The van der Waals surface area contributed by atoms with Crippen molar-refractivity contribution in [3.63, 3.8) is 0 Å². The van der Waals surface area contributed by atoms with Crippen molar-refractivity contribution in [3.8, 4) is 0 Å². The molecule has 0 amide bonds. The summed E-state index contributed by atoms with van der Waals surface area (Å²) in [4.78, 5) is 11.0. The zero-order chi connectivity index (χ0) is 13.6. The van der Waals surface area contributed by atoms with Crippen LogP contribution in [0.1, 0.15) is 16.2 Å². The van der Waals surface area contributed by atoms with Crippen LogP contribution in [0.15, 0.2) is 12.1 Å². The van der Waals surface area contributed by atoms with E-state index in [0.717, 1.165) is 5.69 Å². The summed E-state index contributed by atoms with van der Waals surface area (Å²) < 4.78 is 12.7. The standard InChI is InChI=1S/C12H15NO6/c14-3-7-1-2-8-5-18-12(6-13(7)8)11(17)10(16)9(4-15)19-12/h1-3,9-11,15-17H,4-6H2/t9-,10-,11+,12+/m1/s1. The van der Waals surface area contributed by atoms with E-state index < -0.39 is 30.7 Å². The van der Waals surface area contributed by atoms with Gasteiger partial charge in [0.2, 0.25) is 5.79 Å². The molecule has 0 aromatic carbocycles. The van der Waals surface area contributed by atoms with Gasteiger partial charge in [-0.25, -0.2) is 0 Å². The minimum Gasteiger partial charge on any atom is -0.394 e. The highest BCUT2D eigenvalue weighted by Crippen LogP contribution is 2.38. The van der Waals surface area contributed by atoms with Gasteiger partial charge < -0.3 is 29.4 Å². The third kappa shape index (κ3) is 1.74. The molecule has 1 fully saturated rings. The zero-order valence-electron chi connectivity index (χ0n) is 10.1. The molecule has 0 radical (unpaired) electrons. The fourth-order valence-electron chi connectivity index (χ4n) is 2.67. The highest BCUT2D eigenvalue weighted by Gasteiger charge is 2.56. The van der Waals surface area contributed by atoms with Crippen LogP contribution in [0, 0.1) is 0 Å². The summed E-state index contributed by atoms with van der Waals surface area (Å²) in [6, 6.07) is 3.42. The molecule has 3 N–H and O–H groups in total. The van der Waals surface area contributed by atoms with Crippen molar-refractivity contribution in [3.05, 3.63) is 23.5 Å². The van der Waals surface area contributed by atoms with Crippen molar-refractivity contribution in [2.75, 3.05) is 6.61 Å². The van der Waals surface area contributed by atoms with Crippen LogP contribution < -0.4 is 0 Å². The van der Waals surface area contributed by atoms with Gasteiger partial charge in [0.1, 0.15) is 18.3 Å². The van der Waals surface area contributed by atoms with Crippen LogP contribution >= 0.6 is 0 Å². The van der Waals surface area contributed by atoms with Gasteiger partial charge in [0.05, 0.1) is 25.5 Å². The van der Waals surface area contributed by atoms with Crippen LogP contribution in [0.3, 0.4) is 0 Å². The third-order valence-electron chi connectivity index (χ3n) is 3.75. The van der Waals surface area contributed by atoms with Gasteiger partial charge in [0.15, 0.2) is 6.29 Å². The van der Waals surface area contributed by atoms with Gasteiger partial charge in [0, 0.05) is 5.69 Å². The Morgan fingerprint density at radius 3 is 2.89 bits per heavy atom. The molecule has 2 aliphatic rings. The van der Waals surface area contributed by atoms with Crippen LogP contribution in [0.25, 0.3) is 0 Å². The topological polar surface area (TPSA) is 101 Å². The minimum atomic E-state index is -1.42. The molecule has 1 aromatic rings. The number of hydrogen-bond donors (Lipinski definition) is 3. The molecule has 1 spiro atoms. The molecule has 0 bridgehead atoms. The van der Waals surface area contributed by atoms with E-state index in [2.05, 4.69) is 0 Å². The van der Waals surface area contributed by atoms with Crippen molar-refractivity contribution in [1.29, 1.82) is 0 Å². The predicted molar refractivity (Wildman–Crippen MR) is 61.3 cm³/mol. The van der Waals surface area contributed by atoms with E-state index in [4.69, 9.17) is 14.6 Å². The van der Waals surface area contributed by atoms with Crippen LogP contribution in [-0.4, -0.2) is 56.9 Å². The van der Waals surface area contributed by atoms with E-state index in [1.165, 1.54) is 0 Å². The second-order valence-corrected chi connectivity index (χ2v) is 4.83. The van der Waals surface area contributed by atoms with E-state index in [1.807, 2.05) is 0 Å². The fraction of sp³-hybridized carbons (Fsp3) is 0.583. The van der Waals surface area contributed by atoms with E-state index in [-0.39, 0.29) is 13.2 Å². The summed E-state index contributed by atoms with van der Waals surface area (Å²) in [6.45, 7) is -0.156. The highest BCUT2D eigenvalue weighted by atomic mass is 16.7. The zero-order valence-corrected chi connectivity index (χ0v) is 10.1. The molecular weight excluding hydrogens is 254 g/mol. The van der Waals surface area contributed by atoms with Crippen molar-refractivity contribution in [2.24, 2.45) is 0 Å². The SMILES string of the molecule is O=Cc1ccc2n1C[C@]1(OC2)O[C@H](CO)[C@@H](O)[C@@H]1O. The lowest BCUT2D eigenvalue weighted by Gasteiger charge is -2.37. The normalized spacial score (nSPS) is 37.5. The van der Waals surface area contributed by atoms with Gasteiger partial charge in [-0.2, -0.15) is 0 Å². The Bertz CT molecular complexity index is 500. The molecule has 19 heavy (non-hydrogen) atoms. The maximum Gasteiger partial charge on any atom is 0.216 e.